The molecule has 34 heavy (non-hydrogen) atoms. The van der Waals surface area contributed by atoms with Gasteiger partial charge in [0.25, 0.3) is 0 Å². The van der Waals surface area contributed by atoms with Crippen molar-refractivity contribution in [2.24, 2.45) is 0 Å². The molecule has 1 aromatic heterocycles. The molecule has 1 fully saturated rings. The van der Waals surface area contributed by atoms with Crippen molar-refractivity contribution in [3.8, 4) is 16.9 Å². The Bertz CT molecular complexity index is 1340. The highest BCUT2D eigenvalue weighted by molar-refractivity contribution is 7.90. The second-order valence-corrected chi connectivity index (χ2v) is 10.6. The van der Waals surface area contributed by atoms with Crippen LogP contribution in [-0.2, 0) is 31.6 Å². The molecular formula is C25H27N3O5S. The van der Waals surface area contributed by atoms with E-state index in [0.29, 0.717) is 16.8 Å². The largest absolute Gasteiger partial charge is 0.461 e. The summed E-state index contributed by atoms with van der Waals surface area (Å²) in [4.78, 5) is 15.3. The van der Waals surface area contributed by atoms with Gasteiger partial charge in [-0.1, -0.05) is 24.3 Å². The number of sulfone groups is 1. The van der Waals surface area contributed by atoms with Crippen LogP contribution >= 0.6 is 0 Å². The van der Waals surface area contributed by atoms with Gasteiger partial charge in [0.15, 0.2) is 15.5 Å². The number of aryl methyl sites for hydroxylation is 1. The molecule has 1 saturated heterocycles. The zero-order valence-corrected chi connectivity index (χ0v) is 20.1. The van der Waals surface area contributed by atoms with Gasteiger partial charge in [-0.2, -0.15) is 5.10 Å². The van der Waals surface area contributed by atoms with Gasteiger partial charge in [0.1, 0.15) is 0 Å². The Morgan fingerprint density at radius 1 is 1.12 bits per heavy atom. The Morgan fingerprint density at radius 2 is 1.85 bits per heavy atom. The maximum Gasteiger partial charge on any atom is 0.359 e. The number of rotatable bonds is 5. The fraction of sp³-hybridized carbons (Fsp3) is 0.360. The summed E-state index contributed by atoms with van der Waals surface area (Å²) in [5.74, 6) is -0.908. The van der Waals surface area contributed by atoms with Crippen LogP contribution in [0.5, 0.6) is 0 Å². The minimum absolute atomic E-state index is 0.0454. The summed E-state index contributed by atoms with van der Waals surface area (Å²) in [6.45, 7) is 7.88. The zero-order chi connectivity index (χ0) is 23.9. The Morgan fingerprint density at radius 3 is 2.56 bits per heavy atom. The molecule has 8 nitrogen and oxygen atoms in total. The van der Waals surface area contributed by atoms with Crippen molar-refractivity contribution < 1.29 is 22.7 Å². The molecule has 178 valence electrons. The summed E-state index contributed by atoms with van der Waals surface area (Å²) >= 11 is 0. The van der Waals surface area contributed by atoms with E-state index in [1.165, 1.54) is 0 Å². The first kappa shape index (κ1) is 22.8. The number of aromatic nitrogens is 2. The topological polar surface area (TPSA) is 90.7 Å². The lowest BCUT2D eigenvalue weighted by atomic mass is 10.0. The van der Waals surface area contributed by atoms with Crippen LogP contribution in [0, 0.1) is 6.92 Å². The second kappa shape index (κ2) is 8.98. The van der Waals surface area contributed by atoms with Gasteiger partial charge in [0.2, 0.25) is 0 Å². The smallest absolute Gasteiger partial charge is 0.359 e. The van der Waals surface area contributed by atoms with Crippen molar-refractivity contribution in [3.05, 3.63) is 64.8 Å². The number of benzene rings is 2. The molecule has 9 heteroatoms. The third-order valence-electron chi connectivity index (χ3n) is 6.20. The SMILES string of the molecule is CCOC(=O)c1nn(-c2ccc(CN3CCOCC3)cc2)c2c1CS(=O)(=O)c1cc(C)ccc1-2. The highest BCUT2D eigenvalue weighted by Crippen LogP contribution is 2.41. The lowest BCUT2D eigenvalue weighted by Crippen LogP contribution is -2.35. The molecule has 2 aromatic carbocycles. The van der Waals surface area contributed by atoms with E-state index in [2.05, 4.69) is 10.00 Å². The van der Waals surface area contributed by atoms with E-state index >= 15 is 0 Å². The molecular weight excluding hydrogens is 454 g/mol. The molecule has 0 unspecified atom stereocenters. The van der Waals surface area contributed by atoms with Crippen LogP contribution in [0.2, 0.25) is 0 Å². The Kier molecular flexibility index (Phi) is 6.01. The standard InChI is InChI=1S/C25H27N3O5S/c1-3-33-25(29)23-21-16-34(30,31)22-14-17(2)4-9-20(22)24(21)28(26-23)19-7-5-18(6-8-19)15-27-10-12-32-13-11-27/h4-9,14H,3,10-13,15-16H2,1-2H3. The van der Waals surface area contributed by atoms with Crippen molar-refractivity contribution in [2.45, 2.75) is 31.0 Å². The molecule has 2 aliphatic heterocycles. The maximum atomic E-state index is 13.1. The normalized spacial score (nSPS) is 17.1. The summed E-state index contributed by atoms with van der Waals surface area (Å²) in [7, 11) is -3.62. The number of carbonyl (C=O) groups excluding carboxylic acids is 1. The summed E-state index contributed by atoms with van der Waals surface area (Å²) in [5.41, 5.74) is 4.37. The average Bonchev–Trinajstić information content (AvgIpc) is 3.19. The molecule has 0 radical (unpaired) electrons. The molecule has 3 heterocycles. The molecule has 0 spiro atoms. The minimum atomic E-state index is -3.62. The van der Waals surface area contributed by atoms with Gasteiger partial charge >= 0.3 is 5.97 Å². The highest BCUT2D eigenvalue weighted by atomic mass is 32.2. The van der Waals surface area contributed by atoms with E-state index in [0.717, 1.165) is 49.7 Å². The fourth-order valence-corrected chi connectivity index (χ4v) is 6.20. The molecule has 3 aromatic rings. The van der Waals surface area contributed by atoms with Crippen LogP contribution in [0.4, 0.5) is 0 Å². The van der Waals surface area contributed by atoms with Gasteiger partial charge in [0, 0.05) is 30.8 Å². The molecule has 0 atom stereocenters. The van der Waals surface area contributed by atoms with Crippen molar-refractivity contribution in [1.82, 2.24) is 14.7 Å². The lowest BCUT2D eigenvalue weighted by molar-refractivity contribution is 0.0342. The van der Waals surface area contributed by atoms with Gasteiger partial charge in [-0.15, -0.1) is 0 Å². The fourth-order valence-electron chi connectivity index (χ4n) is 4.52. The van der Waals surface area contributed by atoms with Gasteiger partial charge in [0.05, 0.1) is 41.9 Å². The zero-order valence-electron chi connectivity index (χ0n) is 19.3. The first-order valence-electron chi connectivity index (χ1n) is 11.4. The average molecular weight is 482 g/mol. The molecule has 5 rings (SSSR count). The third-order valence-corrected chi connectivity index (χ3v) is 7.88. The quantitative estimate of drug-likeness (QED) is 0.517. The summed E-state index contributed by atoms with van der Waals surface area (Å²) < 4.78 is 38.5. The van der Waals surface area contributed by atoms with Crippen LogP contribution in [0.15, 0.2) is 47.4 Å². The molecule has 2 aliphatic rings. The first-order chi connectivity index (χ1) is 16.4. The van der Waals surface area contributed by atoms with Crippen molar-refractivity contribution >= 4 is 15.8 Å². The summed E-state index contributed by atoms with van der Waals surface area (Å²) in [6.07, 6.45) is 0. The van der Waals surface area contributed by atoms with E-state index < -0.39 is 15.8 Å². The molecule has 0 aliphatic carbocycles. The van der Waals surface area contributed by atoms with E-state index in [4.69, 9.17) is 9.47 Å². The van der Waals surface area contributed by atoms with E-state index in [-0.39, 0.29) is 22.9 Å². The number of nitrogens with zero attached hydrogens (tertiary/aromatic N) is 3. The van der Waals surface area contributed by atoms with Crippen LogP contribution in [0.25, 0.3) is 16.9 Å². The monoisotopic (exact) mass is 481 g/mol. The van der Waals surface area contributed by atoms with Crippen molar-refractivity contribution in [1.29, 1.82) is 0 Å². The van der Waals surface area contributed by atoms with Crippen LogP contribution < -0.4 is 0 Å². The Labute approximate surface area is 199 Å². The van der Waals surface area contributed by atoms with Crippen LogP contribution in [0.3, 0.4) is 0 Å². The van der Waals surface area contributed by atoms with Crippen molar-refractivity contribution in [3.63, 3.8) is 0 Å². The molecule has 0 amide bonds. The van der Waals surface area contributed by atoms with E-state index in [1.807, 2.05) is 37.3 Å². The van der Waals surface area contributed by atoms with Gasteiger partial charge < -0.3 is 9.47 Å². The van der Waals surface area contributed by atoms with Gasteiger partial charge in [-0.25, -0.2) is 17.9 Å². The molecule has 0 bridgehead atoms. The first-order valence-corrected chi connectivity index (χ1v) is 13.0. The molecule has 0 saturated carbocycles. The lowest BCUT2D eigenvalue weighted by Gasteiger charge is -2.26. The third kappa shape index (κ3) is 4.15. The maximum absolute atomic E-state index is 13.1. The van der Waals surface area contributed by atoms with Crippen molar-refractivity contribution in [2.75, 3.05) is 32.9 Å². The highest BCUT2D eigenvalue weighted by Gasteiger charge is 2.36. The van der Waals surface area contributed by atoms with E-state index in [1.54, 1.807) is 23.7 Å². The van der Waals surface area contributed by atoms with Crippen LogP contribution in [0.1, 0.15) is 34.1 Å². The number of esters is 1. The Hall–Kier alpha value is -3.01. The predicted molar refractivity (Wildman–Crippen MR) is 127 cm³/mol. The number of hydrogen-bond acceptors (Lipinski definition) is 7. The number of carbonyl (C=O) groups is 1. The summed E-state index contributed by atoms with van der Waals surface area (Å²) in [5, 5.41) is 4.56. The summed E-state index contributed by atoms with van der Waals surface area (Å²) in [6, 6.07) is 13.3. The second-order valence-electron chi connectivity index (χ2n) is 8.62. The minimum Gasteiger partial charge on any atom is -0.461 e. The van der Waals surface area contributed by atoms with Gasteiger partial charge in [-0.3, -0.25) is 4.90 Å². The number of morpholine rings is 1. The number of ether oxygens (including phenoxy) is 2. The predicted octanol–water partition coefficient (Wildman–Crippen LogP) is 3.14. The number of hydrogen-bond donors (Lipinski definition) is 0. The van der Waals surface area contributed by atoms with E-state index in [9.17, 15) is 13.2 Å². The van der Waals surface area contributed by atoms with Crippen LogP contribution in [-0.4, -0.2) is 62.0 Å². The molecule has 0 N–H and O–H groups in total. The Balaban J connectivity index is 1.60. The number of fused-ring (bicyclic) bond motifs is 3. The van der Waals surface area contributed by atoms with Gasteiger partial charge in [-0.05, 0) is 43.2 Å².